The molecule has 0 saturated heterocycles. The van der Waals surface area contributed by atoms with Crippen molar-refractivity contribution < 1.29 is 5.11 Å². The van der Waals surface area contributed by atoms with E-state index in [2.05, 4.69) is 19.2 Å². The summed E-state index contributed by atoms with van der Waals surface area (Å²) < 4.78 is 0. The van der Waals surface area contributed by atoms with E-state index in [0.29, 0.717) is 6.04 Å². The first-order valence-corrected chi connectivity index (χ1v) is 4.99. The maximum absolute atomic E-state index is 9.94. The SMILES string of the molecule is CC(C)Nc1ccccc1C(C)(C)O. The topological polar surface area (TPSA) is 32.3 Å². The number of para-hydroxylation sites is 1. The summed E-state index contributed by atoms with van der Waals surface area (Å²) in [5.41, 5.74) is 1.15. The molecule has 0 saturated carbocycles. The van der Waals surface area contributed by atoms with Gasteiger partial charge in [0.15, 0.2) is 0 Å². The van der Waals surface area contributed by atoms with Crippen LogP contribution in [0.4, 0.5) is 5.69 Å². The fourth-order valence-corrected chi connectivity index (χ4v) is 1.45. The molecule has 2 N–H and O–H groups in total. The Bertz CT molecular complexity index is 299. The van der Waals surface area contributed by atoms with Gasteiger partial charge in [0.05, 0.1) is 5.60 Å². The Labute approximate surface area is 86.0 Å². The van der Waals surface area contributed by atoms with Gasteiger partial charge in [0.25, 0.3) is 0 Å². The van der Waals surface area contributed by atoms with Crippen LogP contribution in [0.5, 0.6) is 0 Å². The Balaban J connectivity index is 3.04. The van der Waals surface area contributed by atoms with Crippen LogP contribution in [0.15, 0.2) is 24.3 Å². The molecule has 0 aromatic heterocycles. The molecule has 1 aromatic carbocycles. The van der Waals surface area contributed by atoms with Crippen LogP contribution >= 0.6 is 0 Å². The molecule has 0 bridgehead atoms. The maximum atomic E-state index is 9.94. The second-order valence-corrected chi connectivity index (χ2v) is 4.40. The van der Waals surface area contributed by atoms with E-state index in [1.807, 2.05) is 24.3 Å². The molecule has 0 aliphatic rings. The van der Waals surface area contributed by atoms with Crippen molar-refractivity contribution in [2.24, 2.45) is 0 Å². The Morgan fingerprint density at radius 2 is 1.79 bits per heavy atom. The standard InChI is InChI=1S/C12H19NO/c1-9(2)13-11-8-6-5-7-10(11)12(3,4)14/h5-9,13-14H,1-4H3. The van der Waals surface area contributed by atoms with Gasteiger partial charge in [-0.15, -0.1) is 0 Å². The van der Waals surface area contributed by atoms with Crippen LogP contribution < -0.4 is 5.32 Å². The fraction of sp³-hybridized carbons (Fsp3) is 0.500. The maximum Gasteiger partial charge on any atom is 0.0860 e. The number of hydrogen-bond donors (Lipinski definition) is 2. The molecule has 0 unspecified atom stereocenters. The fourth-order valence-electron chi connectivity index (χ4n) is 1.45. The number of rotatable bonds is 3. The first-order chi connectivity index (χ1) is 6.41. The minimum absolute atomic E-state index is 0.374. The Kier molecular flexibility index (Phi) is 3.17. The van der Waals surface area contributed by atoms with Crippen LogP contribution in [0, 0.1) is 0 Å². The molecule has 14 heavy (non-hydrogen) atoms. The minimum atomic E-state index is -0.793. The Morgan fingerprint density at radius 3 is 2.29 bits per heavy atom. The second kappa shape index (κ2) is 4.01. The second-order valence-electron chi connectivity index (χ2n) is 4.40. The van der Waals surface area contributed by atoms with Crippen molar-refractivity contribution in [3.05, 3.63) is 29.8 Å². The van der Waals surface area contributed by atoms with Crippen molar-refractivity contribution >= 4 is 5.69 Å². The van der Waals surface area contributed by atoms with Gasteiger partial charge < -0.3 is 10.4 Å². The molecule has 78 valence electrons. The van der Waals surface area contributed by atoms with Crippen molar-refractivity contribution in [1.82, 2.24) is 0 Å². The molecule has 2 heteroatoms. The Hall–Kier alpha value is -1.02. The van der Waals surface area contributed by atoms with Crippen molar-refractivity contribution in [3.8, 4) is 0 Å². The molecular weight excluding hydrogens is 174 g/mol. The average Bonchev–Trinajstić information content (AvgIpc) is 2.01. The van der Waals surface area contributed by atoms with Crippen LogP contribution in [0.2, 0.25) is 0 Å². The third kappa shape index (κ3) is 2.74. The number of benzene rings is 1. The lowest BCUT2D eigenvalue weighted by atomic mass is 9.96. The largest absolute Gasteiger partial charge is 0.386 e. The van der Waals surface area contributed by atoms with Gasteiger partial charge in [0.2, 0.25) is 0 Å². The lowest BCUT2D eigenvalue weighted by Crippen LogP contribution is -2.20. The van der Waals surface area contributed by atoms with E-state index >= 15 is 0 Å². The van der Waals surface area contributed by atoms with Crippen LogP contribution in [-0.4, -0.2) is 11.1 Å². The molecule has 2 nitrogen and oxygen atoms in total. The van der Waals surface area contributed by atoms with Gasteiger partial charge in [0, 0.05) is 17.3 Å². The molecule has 0 fully saturated rings. The molecule has 0 aliphatic heterocycles. The molecule has 1 aromatic rings. The lowest BCUT2D eigenvalue weighted by Gasteiger charge is -2.23. The smallest absolute Gasteiger partial charge is 0.0860 e. The van der Waals surface area contributed by atoms with Crippen molar-refractivity contribution in [2.75, 3.05) is 5.32 Å². The first-order valence-electron chi connectivity index (χ1n) is 4.99. The van der Waals surface area contributed by atoms with Crippen LogP contribution in [0.1, 0.15) is 33.3 Å². The van der Waals surface area contributed by atoms with Crippen molar-refractivity contribution in [1.29, 1.82) is 0 Å². The summed E-state index contributed by atoms with van der Waals surface area (Å²) >= 11 is 0. The summed E-state index contributed by atoms with van der Waals surface area (Å²) in [6.45, 7) is 7.77. The summed E-state index contributed by atoms with van der Waals surface area (Å²) in [6, 6.07) is 8.23. The molecule has 0 spiro atoms. The molecule has 1 rings (SSSR count). The van der Waals surface area contributed by atoms with E-state index in [-0.39, 0.29) is 0 Å². The molecule has 0 atom stereocenters. The highest BCUT2D eigenvalue weighted by Gasteiger charge is 2.19. The Morgan fingerprint density at radius 1 is 1.21 bits per heavy atom. The van der Waals surface area contributed by atoms with Gasteiger partial charge in [-0.3, -0.25) is 0 Å². The van der Waals surface area contributed by atoms with Crippen LogP contribution in [0.25, 0.3) is 0 Å². The quantitative estimate of drug-likeness (QED) is 0.773. The summed E-state index contributed by atoms with van der Waals surface area (Å²) in [5, 5.41) is 13.3. The van der Waals surface area contributed by atoms with Crippen molar-refractivity contribution in [3.63, 3.8) is 0 Å². The number of aliphatic hydroxyl groups is 1. The normalized spacial score (nSPS) is 11.9. The highest BCUT2D eigenvalue weighted by Crippen LogP contribution is 2.27. The third-order valence-corrected chi connectivity index (χ3v) is 2.03. The van der Waals surface area contributed by atoms with Gasteiger partial charge in [-0.05, 0) is 33.8 Å². The van der Waals surface area contributed by atoms with Gasteiger partial charge >= 0.3 is 0 Å². The van der Waals surface area contributed by atoms with Gasteiger partial charge in [0.1, 0.15) is 0 Å². The average molecular weight is 193 g/mol. The van der Waals surface area contributed by atoms with Crippen molar-refractivity contribution in [2.45, 2.75) is 39.3 Å². The number of hydrogen-bond acceptors (Lipinski definition) is 2. The molecule has 0 amide bonds. The molecular formula is C12H19NO. The van der Waals surface area contributed by atoms with E-state index < -0.39 is 5.60 Å². The number of nitrogens with one attached hydrogen (secondary N) is 1. The zero-order valence-corrected chi connectivity index (χ0v) is 9.33. The van der Waals surface area contributed by atoms with Gasteiger partial charge in [-0.1, -0.05) is 18.2 Å². The predicted molar refractivity (Wildman–Crippen MR) is 60.4 cm³/mol. The summed E-state index contributed by atoms with van der Waals surface area (Å²) in [6.07, 6.45) is 0. The van der Waals surface area contributed by atoms with E-state index in [0.717, 1.165) is 11.3 Å². The molecule has 0 aliphatic carbocycles. The highest BCUT2D eigenvalue weighted by atomic mass is 16.3. The summed E-state index contributed by atoms with van der Waals surface area (Å²) in [4.78, 5) is 0. The lowest BCUT2D eigenvalue weighted by molar-refractivity contribution is 0.0793. The van der Waals surface area contributed by atoms with E-state index in [1.165, 1.54) is 0 Å². The monoisotopic (exact) mass is 193 g/mol. The van der Waals surface area contributed by atoms with E-state index in [9.17, 15) is 5.11 Å². The van der Waals surface area contributed by atoms with Crippen LogP contribution in [-0.2, 0) is 5.60 Å². The van der Waals surface area contributed by atoms with E-state index in [1.54, 1.807) is 13.8 Å². The van der Waals surface area contributed by atoms with Crippen LogP contribution in [0.3, 0.4) is 0 Å². The third-order valence-electron chi connectivity index (χ3n) is 2.03. The molecule has 0 heterocycles. The minimum Gasteiger partial charge on any atom is -0.386 e. The van der Waals surface area contributed by atoms with Gasteiger partial charge in [-0.2, -0.15) is 0 Å². The first kappa shape index (κ1) is 11.1. The van der Waals surface area contributed by atoms with E-state index in [4.69, 9.17) is 0 Å². The highest BCUT2D eigenvalue weighted by molar-refractivity contribution is 5.53. The zero-order chi connectivity index (χ0) is 10.8. The number of anilines is 1. The predicted octanol–water partition coefficient (Wildman–Crippen LogP) is 2.73. The molecule has 0 radical (unpaired) electrons. The summed E-state index contributed by atoms with van der Waals surface area (Å²) in [5.74, 6) is 0. The zero-order valence-electron chi connectivity index (χ0n) is 9.33. The summed E-state index contributed by atoms with van der Waals surface area (Å²) in [7, 11) is 0. The van der Waals surface area contributed by atoms with Gasteiger partial charge in [-0.25, -0.2) is 0 Å².